The third-order valence-corrected chi connectivity index (χ3v) is 2.13. The Balaban J connectivity index is 2.32. The van der Waals surface area contributed by atoms with E-state index < -0.39 is 12.3 Å². The first-order chi connectivity index (χ1) is 6.20. The van der Waals surface area contributed by atoms with Crippen LogP contribution in [0.2, 0.25) is 0 Å². The van der Waals surface area contributed by atoms with Crippen molar-refractivity contribution < 1.29 is 4.79 Å². The molecule has 0 bridgehead atoms. The fraction of sp³-hybridized carbons (Fsp3) is 0.429. The zero-order chi connectivity index (χ0) is 9.42. The zero-order valence-corrected chi connectivity index (χ0v) is 7.19. The molecule has 2 aliphatic heterocycles. The summed E-state index contributed by atoms with van der Waals surface area (Å²) in [5.41, 5.74) is 5.64. The van der Waals surface area contributed by atoms with Crippen LogP contribution < -0.4 is 16.4 Å². The van der Waals surface area contributed by atoms with E-state index in [-0.39, 0.29) is 5.91 Å². The van der Waals surface area contributed by atoms with Crippen LogP contribution in [0.25, 0.3) is 0 Å². The lowest BCUT2D eigenvalue weighted by Crippen LogP contribution is -2.68. The molecule has 4 N–H and O–H groups in total. The van der Waals surface area contributed by atoms with Crippen molar-refractivity contribution in [2.75, 3.05) is 7.05 Å². The number of carbonyl (C=O) groups is 1. The van der Waals surface area contributed by atoms with E-state index in [2.05, 4.69) is 15.6 Å². The second kappa shape index (κ2) is 2.74. The molecule has 13 heavy (non-hydrogen) atoms. The third-order valence-electron chi connectivity index (χ3n) is 2.13. The molecule has 1 fully saturated rings. The van der Waals surface area contributed by atoms with Crippen molar-refractivity contribution in [1.29, 1.82) is 0 Å². The molecule has 0 aromatic heterocycles. The van der Waals surface area contributed by atoms with E-state index in [1.807, 2.05) is 0 Å². The molecule has 2 atom stereocenters. The van der Waals surface area contributed by atoms with Crippen molar-refractivity contribution in [3.05, 3.63) is 12.4 Å². The van der Waals surface area contributed by atoms with Crippen molar-refractivity contribution in [1.82, 2.24) is 15.5 Å². The minimum absolute atomic E-state index is 0.145. The van der Waals surface area contributed by atoms with Gasteiger partial charge in [0.2, 0.25) is 0 Å². The van der Waals surface area contributed by atoms with Crippen LogP contribution in [0.1, 0.15) is 0 Å². The highest BCUT2D eigenvalue weighted by atomic mass is 16.2. The van der Waals surface area contributed by atoms with Crippen molar-refractivity contribution in [2.24, 2.45) is 10.7 Å². The molecule has 70 valence electrons. The highest BCUT2D eigenvalue weighted by molar-refractivity contribution is 6.09. The summed E-state index contributed by atoms with van der Waals surface area (Å²) in [6.45, 7) is 0. The van der Waals surface area contributed by atoms with Crippen LogP contribution in [0.5, 0.6) is 0 Å². The van der Waals surface area contributed by atoms with Gasteiger partial charge in [-0.05, 0) is 0 Å². The molecule has 0 aliphatic carbocycles. The molecule has 0 saturated carbocycles. The summed E-state index contributed by atoms with van der Waals surface area (Å²) >= 11 is 0. The van der Waals surface area contributed by atoms with Crippen LogP contribution in [-0.2, 0) is 4.79 Å². The molecule has 2 unspecified atom stereocenters. The third kappa shape index (κ3) is 1.15. The van der Waals surface area contributed by atoms with E-state index >= 15 is 0 Å². The normalized spacial score (nSPS) is 31.7. The number of likely N-dealkylation sites (N-methyl/N-ethyl adjacent to an activating group) is 1. The predicted octanol–water partition coefficient (Wildman–Crippen LogP) is -1.87. The van der Waals surface area contributed by atoms with Crippen molar-refractivity contribution in [3.63, 3.8) is 0 Å². The Kier molecular flexibility index (Phi) is 1.70. The van der Waals surface area contributed by atoms with Gasteiger partial charge in [-0.15, -0.1) is 0 Å². The molecule has 0 spiro atoms. The van der Waals surface area contributed by atoms with Gasteiger partial charge in [0.05, 0.1) is 0 Å². The average molecular weight is 181 g/mol. The molecule has 0 aromatic rings. The fourth-order valence-corrected chi connectivity index (χ4v) is 1.36. The Hall–Kier alpha value is -1.56. The molecule has 0 aromatic carbocycles. The maximum atomic E-state index is 11.4. The van der Waals surface area contributed by atoms with Gasteiger partial charge < -0.3 is 15.5 Å². The Morgan fingerprint density at radius 1 is 1.69 bits per heavy atom. The van der Waals surface area contributed by atoms with Gasteiger partial charge in [0.1, 0.15) is 5.84 Å². The van der Waals surface area contributed by atoms with Gasteiger partial charge in [0.25, 0.3) is 5.91 Å². The number of hydrogen-bond acceptors (Lipinski definition) is 5. The quantitative estimate of drug-likeness (QED) is 0.409. The number of rotatable bonds is 0. The molecule has 0 radical (unpaired) electrons. The molecule has 2 heterocycles. The van der Waals surface area contributed by atoms with Crippen LogP contribution in [0.4, 0.5) is 0 Å². The summed E-state index contributed by atoms with van der Waals surface area (Å²) in [6.07, 6.45) is 2.75. The van der Waals surface area contributed by atoms with Crippen molar-refractivity contribution >= 4 is 11.7 Å². The van der Waals surface area contributed by atoms with Crippen LogP contribution in [-0.4, -0.2) is 36.0 Å². The zero-order valence-electron chi connectivity index (χ0n) is 7.19. The number of aliphatic imine (C=N–C) groups is 1. The molecular formula is C7H11N5O. The lowest BCUT2D eigenvalue weighted by atomic mass is 10.1. The number of nitrogens with two attached hydrogens (primary N) is 1. The number of amides is 1. The minimum atomic E-state index is -0.490. The molecule has 1 saturated heterocycles. The summed E-state index contributed by atoms with van der Waals surface area (Å²) in [7, 11) is 1.79. The average Bonchev–Trinajstić information content (AvgIpc) is 2.15. The smallest absolute Gasteiger partial charge is 0.252 e. The van der Waals surface area contributed by atoms with E-state index in [1.54, 1.807) is 24.3 Å². The topological polar surface area (TPSA) is 82.8 Å². The Morgan fingerprint density at radius 3 is 3.23 bits per heavy atom. The Labute approximate surface area is 75.5 Å². The van der Waals surface area contributed by atoms with Crippen molar-refractivity contribution in [3.8, 4) is 0 Å². The summed E-state index contributed by atoms with van der Waals surface area (Å²) in [5.74, 6) is 0.507. The van der Waals surface area contributed by atoms with Crippen LogP contribution >= 0.6 is 0 Å². The highest BCUT2D eigenvalue weighted by Crippen LogP contribution is 2.07. The molecule has 1 amide bonds. The first kappa shape index (κ1) is 8.06. The van der Waals surface area contributed by atoms with Crippen LogP contribution in [0.15, 0.2) is 17.4 Å². The van der Waals surface area contributed by atoms with Crippen LogP contribution in [0.3, 0.4) is 0 Å². The molecule has 2 rings (SSSR count). The van der Waals surface area contributed by atoms with Gasteiger partial charge in [-0.3, -0.25) is 10.5 Å². The number of fused-ring (bicyclic) bond motifs is 1. The number of carbonyl (C=O) groups excluding carboxylic acids is 1. The summed E-state index contributed by atoms with van der Waals surface area (Å²) in [6, 6.07) is -0.408. The Bertz CT molecular complexity index is 297. The first-order valence-electron chi connectivity index (χ1n) is 3.97. The van der Waals surface area contributed by atoms with Gasteiger partial charge in [-0.25, -0.2) is 4.99 Å². The lowest BCUT2D eigenvalue weighted by molar-refractivity contribution is -0.124. The van der Waals surface area contributed by atoms with Gasteiger partial charge in [0.15, 0.2) is 12.3 Å². The SMILES string of the molecule is CN1C2=NC=CNC2C(=O)NC1N. The number of hydrogen-bond donors (Lipinski definition) is 3. The molecule has 6 nitrogen and oxygen atoms in total. The van der Waals surface area contributed by atoms with Gasteiger partial charge in [-0.1, -0.05) is 0 Å². The van der Waals surface area contributed by atoms with Crippen molar-refractivity contribution in [2.45, 2.75) is 12.3 Å². The first-order valence-corrected chi connectivity index (χ1v) is 3.97. The molecular weight excluding hydrogens is 170 g/mol. The Morgan fingerprint density at radius 2 is 2.46 bits per heavy atom. The maximum absolute atomic E-state index is 11.4. The summed E-state index contributed by atoms with van der Waals surface area (Å²) < 4.78 is 0. The monoisotopic (exact) mass is 181 g/mol. The fourth-order valence-electron chi connectivity index (χ4n) is 1.36. The largest absolute Gasteiger partial charge is 0.372 e. The predicted molar refractivity (Wildman–Crippen MR) is 47.4 cm³/mol. The number of amidine groups is 1. The summed E-state index contributed by atoms with van der Waals surface area (Å²) in [4.78, 5) is 17.2. The second-order valence-electron chi connectivity index (χ2n) is 2.97. The van der Waals surface area contributed by atoms with E-state index in [1.165, 1.54) is 0 Å². The summed E-state index contributed by atoms with van der Waals surface area (Å²) in [5, 5.41) is 5.52. The highest BCUT2D eigenvalue weighted by Gasteiger charge is 2.35. The lowest BCUT2D eigenvalue weighted by Gasteiger charge is -2.38. The molecule has 2 aliphatic rings. The van der Waals surface area contributed by atoms with E-state index in [0.717, 1.165) is 0 Å². The molecule has 6 heteroatoms. The minimum Gasteiger partial charge on any atom is -0.372 e. The van der Waals surface area contributed by atoms with E-state index in [4.69, 9.17) is 5.73 Å². The van der Waals surface area contributed by atoms with Gasteiger partial charge in [0, 0.05) is 19.4 Å². The van der Waals surface area contributed by atoms with E-state index in [9.17, 15) is 4.79 Å². The van der Waals surface area contributed by atoms with Gasteiger partial charge >= 0.3 is 0 Å². The van der Waals surface area contributed by atoms with Gasteiger partial charge in [-0.2, -0.15) is 0 Å². The van der Waals surface area contributed by atoms with Crippen LogP contribution in [0, 0.1) is 0 Å². The van der Waals surface area contributed by atoms with E-state index in [0.29, 0.717) is 5.84 Å². The second-order valence-corrected chi connectivity index (χ2v) is 2.97. The number of nitrogens with one attached hydrogen (secondary N) is 2. The number of nitrogens with zero attached hydrogens (tertiary/aromatic N) is 2. The standard InChI is InChI=1S/C7H11N5O/c1-12-5-4(9-2-3-10-5)6(13)11-7(12)8/h2-4,7,9H,8H2,1H3,(H,11,13). The maximum Gasteiger partial charge on any atom is 0.252 e.